The molecular formula is C22H23ClN2O5S2. The minimum absolute atomic E-state index is 0.0536. The number of hydrogen-bond acceptors (Lipinski definition) is 6. The maximum atomic E-state index is 12.8. The molecule has 0 saturated carbocycles. The number of ether oxygens (including phenoxy) is 2. The van der Waals surface area contributed by atoms with Gasteiger partial charge in [0.2, 0.25) is 0 Å². The normalized spacial score (nSPS) is 22.7. The molecule has 0 N–H and O–H groups in total. The van der Waals surface area contributed by atoms with Crippen LogP contribution in [-0.4, -0.2) is 61.4 Å². The van der Waals surface area contributed by atoms with Crippen molar-refractivity contribution in [3.8, 4) is 11.5 Å². The number of nitrogens with zero attached hydrogens (tertiary/aromatic N) is 2. The van der Waals surface area contributed by atoms with Gasteiger partial charge in [-0.2, -0.15) is 4.99 Å². The minimum Gasteiger partial charge on any atom is -0.493 e. The first kappa shape index (κ1) is 22.9. The summed E-state index contributed by atoms with van der Waals surface area (Å²) >= 11 is 7.69. The van der Waals surface area contributed by atoms with Crippen LogP contribution in [0.4, 0.5) is 0 Å². The van der Waals surface area contributed by atoms with Crippen LogP contribution in [0.2, 0.25) is 5.02 Å². The van der Waals surface area contributed by atoms with E-state index >= 15 is 0 Å². The molecule has 0 aromatic heterocycles. The molecule has 1 amide bonds. The number of benzene rings is 2. The van der Waals surface area contributed by atoms with Gasteiger partial charge in [-0.25, -0.2) is 8.42 Å². The number of halogens is 1. The Morgan fingerprint density at radius 1 is 1.16 bits per heavy atom. The summed E-state index contributed by atoms with van der Waals surface area (Å²) in [5.41, 5.74) is 1.61. The number of amides is 1. The highest BCUT2D eigenvalue weighted by atomic mass is 35.5. The molecule has 0 bridgehead atoms. The van der Waals surface area contributed by atoms with E-state index in [1.54, 1.807) is 31.4 Å². The summed E-state index contributed by atoms with van der Waals surface area (Å²) in [6.07, 6.45) is 0.0952. The van der Waals surface area contributed by atoms with Crippen LogP contribution in [0.25, 0.3) is 0 Å². The first-order valence-corrected chi connectivity index (χ1v) is 13.1. The second kappa shape index (κ2) is 9.33. The Morgan fingerprint density at radius 3 is 2.62 bits per heavy atom. The smallest absolute Gasteiger partial charge is 0.252 e. The third-order valence-corrected chi connectivity index (χ3v) is 9.11. The number of fused-ring (bicyclic) bond motifs is 1. The molecule has 10 heteroatoms. The van der Waals surface area contributed by atoms with E-state index in [4.69, 9.17) is 21.1 Å². The maximum Gasteiger partial charge on any atom is 0.252 e. The monoisotopic (exact) mass is 494 g/mol. The molecule has 0 aliphatic carbocycles. The first-order chi connectivity index (χ1) is 15.3. The quantitative estimate of drug-likeness (QED) is 0.609. The largest absolute Gasteiger partial charge is 0.493 e. The number of rotatable bonds is 6. The van der Waals surface area contributed by atoms with Crippen LogP contribution in [-0.2, 0) is 27.6 Å². The fourth-order valence-corrected chi connectivity index (χ4v) is 8.11. The zero-order chi connectivity index (χ0) is 22.9. The van der Waals surface area contributed by atoms with Crippen molar-refractivity contribution in [3.05, 3.63) is 58.6 Å². The topological polar surface area (TPSA) is 85.3 Å². The number of hydrogen-bond donors (Lipinski definition) is 0. The average Bonchev–Trinajstić information content (AvgIpc) is 3.21. The van der Waals surface area contributed by atoms with Crippen molar-refractivity contribution in [2.75, 3.05) is 25.7 Å². The van der Waals surface area contributed by atoms with Gasteiger partial charge in [-0.05, 0) is 29.3 Å². The highest BCUT2D eigenvalue weighted by Gasteiger charge is 2.48. The van der Waals surface area contributed by atoms with Crippen molar-refractivity contribution in [2.45, 2.75) is 24.3 Å². The van der Waals surface area contributed by atoms with Crippen molar-refractivity contribution in [2.24, 2.45) is 4.99 Å². The van der Waals surface area contributed by atoms with Gasteiger partial charge in [-0.1, -0.05) is 47.6 Å². The van der Waals surface area contributed by atoms with E-state index < -0.39 is 9.84 Å². The van der Waals surface area contributed by atoms with Crippen molar-refractivity contribution >= 4 is 44.3 Å². The summed E-state index contributed by atoms with van der Waals surface area (Å²) in [6.45, 7) is 0.395. The zero-order valence-electron chi connectivity index (χ0n) is 17.7. The lowest BCUT2D eigenvalue weighted by Gasteiger charge is -2.25. The Morgan fingerprint density at radius 2 is 1.91 bits per heavy atom. The van der Waals surface area contributed by atoms with E-state index in [1.807, 2.05) is 23.1 Å². The van der Waals surface area contributed by atoms with Crippen LogP contribution in [0.15, 0.2) is 47.5 Å². The summed E-state index contributed by atoms with van der Waals surface area (Å²) < 4.78 is 34.9. The van der Waals surface area contributed by atoms with Crippen molar-refractivity contribution in [1.29, 1.82) is 0 Å². The number of amidine groups is 1. The number of carbonyl (C=O) groups is 1. The molecule has 2 unspecified atom stereocenters. The van der Waals surface area contributed by atoms with E-state index in [0.29, 0.717) is 28.2 Å². The Balaban J connectivity index is 1.57. The lowest BCUT2D eigenvalue weighted by atomic mass is 10.1. The molecule has 0 radical (unpaired) electrons. The average molecular weight is 495 g/mol. The number of aliphatic imine (C=N–C) groups is 1. The predicted octanol–water partition coefficient (Wildman–Crippen LogP) is 3.20. The molecule has 7 nitrogen and oxygen atoms in total. The van der Waals surface area contributed by atoms with Gasteiger partial charge in [0.1, 0.15) is 0 Å². The Labute approximate surface area is 196 Å². The van der Waals surface area contributed by atoms with E-state index in [2.05, 4.69) is 4.99 Å². The Hall–Kier alpha value is -2.23. The fourth-order valence-electron chi connectivity index (χ4n) is 3.94. The third kappa shape index (κ3) is 4.89. The van der Waals surface area contributed by atoms with Crippen LogP contribution >= 0.6 is 23.4 Å². The fraction of sp³-hybridized carbons (Fsp3) is 0.364. The molecule has 0 spiro atoms. The van der Waals surface area contributed by atoms with Crippen LogP contribution in [0.3, 0.4) is 0 Å². The molecule has 2 aromatic carbocycles. The van der Waals surface area contributed by atoms with Gasteiger partial charge in [-0.15, -0.1) is 0 Å². The molecule has 2 saturated heterocycles. The van der Waals surface area contributed by atoms with E-state index in [1.165, 1.54) is 18.9 Å². The SMILES string of the molecule is COc1ccc(CC(=O)N=C2SC3CS(=O)(=O)CC3N2Cc2ccccc2Cl)cc1OC. The molecule has 2 aromatic rings. The van der Waals surface area contributed by atoms with Gasteiger partial charge < -0.3 is 14.4 Å². The highest BCUT2D eigenvalue weighted by Crippen LogP contribution is 2.39. The highest BCUT2D eigenvalue weighted by molar-refractivity contribution is 8.15. The number of carbonyl (C=O) groups excluding carboxylic acids is 1. The molecule has 4 rings (SSSR count). The summed E-state index contributed by atoms with van der Waals surface area (Å²) in [7, 11) is -0.0246. The van der Waals surface area contributed by atoms with Gasteiger partial charge in [0.05, 0.1) is 38.2 Å². The van der Waals surface area contributed by atoms with Gasteiger partial charge >= 0.3 is 0 Å². The third-order valence-electron chi connectivity index (χ3n) is 5.50. The van der Waals surface area contributed by atoms with Gasteiger partial charge in [-0.3, -0.25) is 4.79 Å². The molecule has 2 aliphatic rings. The standard InChI is InChI=1S/C22H23ClN2O5S2/c1-29-18-8-7-14(9-19(18)30-2)10-21(26)24-22-25(11-15-5-3-4-6-16(15)23)17-12-32(27,28)13-20(17)31-22/h3-9,17,20H,10-13H2,1-2H3. The predicted molar refractivity (Wildman–Crippen MR) is 127 cm³/mol. The summed E-state index contributed by atoms with van der Waals surface area (Å²) in [5.74, 6) is 0.955. The molecule has 170 valence electrons. The number of thioether (sulfide) groups is 1. The molecule has 2 heterocycles. The van der Waals surface area contributed by atoms with Crippen molar-refractivity contribution < 1.29 is 22.7 Å². The van der Waals surface area contributed by atoms with Gasteiger partial charge in [0.25, 0.3) is 5.91 Å². The van der Waals surface area contributed by atoms with Crippen LogP contribution in [0, 0.1) is 0 Å². The summed E-state index contributed by atoms with van der Waals surface area (Å²) in [4.78, 5) is 19.1. The summed E-state index contributed by atoms with van der Waals surface area (Å²) in [5, 5.41) is 0.994. The Kier molecular flexibility index (Phi) is 6.69. The van der Waals surface area contributed by atoms with Crippen LogP contribution < -0.4 is 9.47 Å². The van der Waals surface area contributed by atoms with E-state index in [-0.39, 0.29) is 35.1 Å². The van der Waals surface area contributed by atoms with E-state index in [9.17, 15) is 13.2 Å². The minimum atomic E-state index is -3.12. The van der Waals surface area contributed by atoms with E-state index in [0.717, 1.165) is 11.1 Å². The van der Waals surface area contributed by atoms with Crippen LogP contribution in [0.5, 0.6) is 11.5 Å². The molecular weight excluding hydrogens is 472 g/mol. The zero-order valence-corrected chi connectivity index (χ0v) is 20.0. The lowest BCUT2D eigenvalue weighted by molar-refractivity contribution is -0.117. The number of sulfone groups is 1. The second-order valence-electron chi connectivity index (χ2n) is 7.67. The second-order valence-corrected chi connectivity index (χ2v) is 11.4. The molecule has 32 heavy (non-hydrogen) atoms. The lowest BCUT2D eigenvalue weighted by Crippen LogP contribution is -2.37. The van der Waals surface area contributed by atoms with Crippen molar-refractivity contribution in [1.82, 2.24) is 4.90 Å². The summed E-state index contributed by atoms with van der Waals surface area (Å²) in [6, 6.07) is 12.5. The van der Waals surface area contributed by atoms with Gasteiger partial charge in [0.15, 0.2) is 26.5 Å². The first-order valence-electron chi connectivity index (χ1n) is 9.99. The molecule has 2 aliphatic heterocycles. The Bertz CT molecular complexity index is 1170. The molecule has 2 fully saturated rings. The number of methoxy groups -OCH3 is 2. The van der Waals surface area contributed by atoms with Gasteiger partial charge in [0, 0.05) is 16.8 Å². The van der Waals surface area contributed by atoms with Crippen molar-refractivity contribution in [3.63, 3.8) is 0 Å². The maximum absolute atomic E-state index is 12.8. The molecule has 2 atom stereocenters. The van der Waals surface area contributed by atoms with Crippen LogP contribution in [0.1, 0.15) is 11.1 Å².